The fourth-order valence-electron chi connectivity index (χ4n) is 3.13. The van der Waals surface area contributed by atoms with Gasteiger partial charge in [0.1, 0.15) is 0 Å². The number of rotatable bonds is 6. The van der Waals surface area contributed by atoms with Crippen molar-refractivity contribution in [1.82, 2.24) is 5.32 Å². The highest BCUT2D eigenvalue weighted by Gasteiger charge is 2.16. The molecule has 2 unspecified atom stereocenters. The summed E-state index contributed by atoms with van der Waals surface area (Å²) in [4.78, 5) is 0. The third-order valence-electron chi connectivity index (χ3n) is 4.58. The first-order chi connectivity index (χ1) is 9.19. The first-order valence-corrected chi connectivity index (χ1v) is 8.04. The van der Waals surface area contributed by atoms with Crippen molar-refractivity contribution in [2.75, 3.05) is 0 Å². The van der Waals surface area contributed by atoms with Crippen molar-refractivity contribution in [3.05, 3.63) is 35.4 Å². The first kappa shape index (κ1) is 14.6. The minimum atomic E-state index is 0.595. The summed E-state index contributed by atoms with van der Waals surface area (Å²) < 4.78 is 0. The highest BCUT2D eigenvalue weighted by atomic mass is 14.9. The smallest absolute Gasteiger partial charge is 0.00817 e. The zero-order valence-corrected chi connectivity index (χ0v) is 12.8. The van der Waals surface area contributed by atoms with Crippen molar-refractivity contribution in [1.29, 1.82) is 0 Å². The predicted molar refractivity (Wildman–Crippen MR) is 83.7 cm³/mol. The number of hydrogen-bond acceptors (Lipinski definition) is 1. The molecule has 2 rings (SSSR count). The Morgan fingerprint density at radius 2 is 1.74 bits per heavy atom. The molecule has 0 aliphatic heterocycles. The van der Waals surface area contributed by atoms with Gasteiger partial charge in [-0.2, -0.15) is 0 Å². The molecule has 1 N–H and O–H groups in total. The van der Waals surface area contributed by atoms with Crippen LogP contribution in [0.15, 0.2) is 24.3 Å². The van der Waals surface area contributed by atoms with Crippen LogP contribution in [0.4, 0.5) is 0 Å². The third kappa shape index (κ3) is 4.35. The Kier molecular flexibility index (Phi) is 5.45. The molecule has 1 saturated carbocycles. The zero-order valence-electron chi connectivity index (χ0n) is 12.8. The lowest BCUT2D eigenvalue weighted by molar-refractivity contribution is 0.448. The molecule has 19 heavy (non-hydrogen) atoms. The lowest BCUT2D eigenvalue weighted by Crippen LogP contribution is -2.35. The molecule has 1 aliphatic rings. The lowest BCUT2D eigenvalue weighted by atomic mass is 9.96. The predicted octanol–water partition coefficient (Wildman–Crippen LogP) is 4.66. The van der Waals surface area contributed by atoms with Gasteiger partial charge in [0.25, 0.3) is 0 Å². The van der Waals surface area contributed by atoms with Crippen LogP contribution in [-0.2, 0) is 6.42 Å². The maximum atomic E-state index is 3.78. The molecule has 1 nitrogen and oxygen atoms in total. The molecule has 1 heteroatoms. The lowest BCUT2D eigenvalue weighted by Gasteiger charge is -2.19. The molecule has 1 aliphatic carbocycles. The van der Waals surface area contributed by atoms with Gasteiger partial charge in [-0.3, -0.25) is 0 Å². The Hall–Kier alpha value is -0.820. The monoisotopic (exact) mass is 259 g/mol. The highest BCUT2D eigenvalue weighted by molar-refractivity contribution is 5.25. The molecule has 1 aromatic carbocycles. The van der Waals surface area contributed by atoms with Crippen molar-refractivity contribution in [2.24, 2.45) is 0 Å². The van der Waals surface area contributed by atoms with E-state index < -0.39 is 0 Å². The summed E-state index contributed by atoms with van der Waals surface area (Å²) in [5, 5.41) is 3.78. The van der Waals surface area contributed by atoms with E-state index in [1.165, 1.54) is 43.2 Å². The molecule has 0 heterocycles. The van der Waals surface area contributed by atoms with Gasteiger partial charge in [0.05, 0.1) is 0 Å². The molecule has 0 saturated heterocycles. The van der Waals surface area contributed by atoms with Gasteiger partial charge in [-0.15, -0.1) is 0 Å². The molecule has 1 fully saturated rings. The van der Waals surface area contributed by atoms with Crippen LogP contribution in [0.2, 0.25) is 0 Å². The van der Waals surface area contributed by atoms with Gasteiger partial charge in [-0.05, 0) is 49.7 Å². The summed E-state index contributed by atoms with van der Waals surface area (Å²) in [6.45, 7) is 6.88. The molecular formula is C18H29N. The quantitative estimate of drug-likeness (QED) is 0.783. The number of hydrogen-bond donors (Lipinski definition) is 1. The molecule has 0 radical (unpaired) electrons. The zero-order chi connectivity index (χ0) is 13.7. The van der Waals surface area contributed by atoms with E-state index in [1.807, 2.05) is 0 Å². The molecule has 106 valence electrons. The van der Waals surface area contributed by atoms with Crippen LogP contribution in [0.3, 0.4) is 0 Å². The summed E-state index contributed by atoms with van der Waals surface area (Å²) in [7, 11) is 0. The fourth-order valence-corrected chi connectivity index (χ4v) is 3.13. The SMILES string of the molecule is CCC(C)c1ccc(CC(C)NC2CCCC2)cc1. The van der Waals surface area contributed by atoms with E-state index in [-0.39, 0.29) is 0 Å². The Morgan fingerprint density at radius 1 is 1.11 bits per heavy atom. The summed E-state index contributed by atoms with van der Waals surface area (Å²) >= 11 is 0. The van der Waals surface area contributed by atoms with Crippen LogP contribution in [0.5, 0.6) is 0 Å². The van der Waals surface area contributed by atoms with E-state index in [0.29, 0.717) is 12.0 Å². The third-order valence-corrected chi connectivity index (χ3v) is 4.58. The summed E-state index contributed by atoms with van der Waals surface area (Å²) in [5.74, 6) is 0.683. The van der Waals surface area contributed by atoms with Crippen molar-refractivity contribution < 1.29 is 0 Å². The van der Waals surface area contributed by atoms with E-state index >= 15 is 0 Å². The Labute approximate surface area is 118 Å². The fraction of sp³-hybridized carbons (Fsp3) is 0.667. The summed E-state index contributed by atoms with van der Waals surface area (Å²) in [6, 6.07) is 10.6. The minimum Gasteiger partial charge on any atom is -0.311 e. The van der Waals surface area contributed by atoms with Crippen LogP contribution in [0.25, 0.3) is 0 Å². The van der Waals surface area contributed by atoms with Crippen LogP contribution >= 0.6 is 0 Å². The number of benzene rings is 1. The average molecular weight is 259 g/mol. The second-order valence-electron chi connectivity index (χ2n) is 6.30. The normalized spacial score (nSPS) is 19.5. The molecule has 0 bridgehead atoms. The van der Waals surface area contributed by atoms with Crippen LogP contribution in [-0.4, -0.2) is 12.1 Å². The molecule has 0 aromatic heterocycles. The van der Waals surface area contributed by atoms with Gasteiger partial charge in [-0.25, -0.2) is 0 Å². The standard InChI is InChI=1S/C18H29N/c1-4-14(2)17-11-9-16(10-12-17)13-15(3)19-18-7-5-6-8-18/h9-12,14-15,18-19H,4-8,13H2,1-3H3. The second kappa shape index (κ2) is 7.09. The van der Waals surface area contributed by atoms with E-state index in [2.05, 4.69) is 50.4 Å². The van der Waals surface area contributed by atoms with Crippen molar-refractivity contribution in [2.45, 2.75) is 77.3 Å². The van der Waals surface area contributed by atoms with Crippen molar-refractivity contribution in [3.8, 4) is 0 Å². The Bertz CT molecular complexity index is 362. The van der Waals surface area contributed by atoms with Crippen molar-refractivity contribution in [3.63, 3.8) is 0 Å². The topological polar surface area (TPSA) is 12.0 Å². The maximum absolute atomic E-state index is 3.78. The molecule has 2 atom stereocenters. The largest absolute Gasteiger partial charge is 0.311 e. The first-order valence-electron chi connectivity index (χ1n) is 8.04. The van der Waals surface area contributed by atoms with Gasteiger partial charge < -0.3 is 5.32 Å². The molecule has 1 aromatic rings. The van der Waals surface area contributed by atoms with Gasteiger partial charge in [0.2, 0.25) is 0 Å². The van der Waals surface area contributed by atoms with E-state index in [1.54, 1.807) is 0 Å². The van der Waals surface area contributed by atoms with Gasteiger partial charge in [0.15, 0.2) is 0 Å². The Morgan fingerprint density at radius 3 is 2.32 bits per heavy atom. The van der Waals surface area contributed by atoms with Crippen LogP contribution in [0, 0.1) is 0 Å². The molecular weight excluding hydrogens is 230 g/mol. The Balaban J connectivity index is 1.84. The summed E-state index contributed by atoms with van der Waals surface area (Å²) in [5.41, 5.74) is 2.94. The van der Waals surface area contributed by atoms with Crippen molar-refractivity contribution >= 4 is 0 Å². The van der Waals surface area contributed by atoms with Gasteiger partial charge in [-0.1, -0.05) is 51.0 Å². The highest BCUT2D eigenvalue weighted by Crippen LogP contribution is 2.20. The minimum absolute atomic E-state index is 0.595. The molecule has 0 spiro atoms. The van der Waals surface area contributed by atoms with Crippen LogP contribution in [0.1, 0.15) is 69.9 Å². The average Bonchev–Trinajstić information content (AvgIpc) is 2.91. The molecule has 0 amide bonds. The van der Waals surface area contributed by atoms with E-state index in [0.717, 1.165) is 12.5 Å². The van der Waals surface area contributed by atoms with E-state index in [4.69, 9.17) is 0 Å². The summed E-state index contributed by atoms with van der Waals surface area (Å²) in [6.07, 6.45) is 7.94. The maximum Gasteiger partial charge on any atom is 0.00817 e. The van der Waals surface area contributed by atoms with E-state index in [9.17, 15) is 0 Å². The van der Waals surface area contributed by atoms with Crippen LogP contribution < -0.4 is 5.32 Å². The van der Waals surface area contributed by atoms with Gasteiger partial charge >= 0.3 is 0 Å². The second-order valence-corrected chi connectivity index (χ2v) is 6.30. The number of nitrogens with one attached hydrogen (secondary N) is 1. The van der Waals surface area contributed by atoms with Gasteiger partial charge in [0, 0.05) is 12.1 Å².